The molecule has 0 radical (unpaired) electrons. The molecule has 1 aromatic carbocycles. The molecule has 0 saturated heterocycles. The number of anilines is 1. The van der Waals surface area contributed by atoms with Gasteiger partial charge in [0.2, 0.25) is 0 Å². The zero-order chi connectivity index (χ0) is 11.4. The molecule has 0 bridgehead atoms. The van der Waals surface area contributed by atoms with Gasteiger partial charge in [-0.15, -0.1) is 0 Å². The third-order valence-corrected chi connectivity index (χ3v) is 1.96. The number of nitrogens with one attached hydrogen (secondary N) is 2. The monoisotopic (exact) mass is 226 g/mol. The number of rotatable bonds is 2. The number of phenolic OH excluding ortho intramolecular Hbond substituents is 1. The molecular weight excluding hydrogens is 216 g/mol. The second-order valence-corrected chi connectivity index (χ2v) is 3.19. The van der Waals surface area contributed by atoms with Crippen LogP contribution in [-0.2, 0) is 0 Å². The second kappa shape index (κ2) is 4.61. The van der Waals surface area contributed by atoms with Crippen LogP contribution in [0, 0.1) is 0 Å². The summed E-state index contributed by atoms with van der Waals surface area (Å²) < 4.78 is 0. The van der Waals surface area contributed by atoms with E-state index in [0.717, 1.165) is 6.07 Å². The topological polar surface area (TPSA) is 81.6 Å². The zero-order valence-corrected chi connectivity index (χ0v) is 8.76. The van der Waals surface area contributed by atoms with Crippen molar-refractivity contribution in [2.45, 2.75) is 0 Å². The van der Waals surface area contributed by atoms with Crippen LogP contribution in [0.4, 0.5) is 5.69 Å². The molecule has 4 N–H and O–H groups in total. The molecule has 0 saturated carbocycles. The number of aromatic carboxylic acids is 1. The van der Waals surface area contributed by atoms with Crippen molar-refractivity contribution in [3.63, 3.8) is 0 Å². The van der Waals surface area contributed by atoms with Crippen LogP contribution in [0.1, 0.15) is 10.4 Å². The standard InChI is InChI=1S/C9H10N2O3S/c1-10-9(15)11-6-2-5(8(13)14)3-7(12)4-6/h2-4,12H,1H3,(H,13,14)(H2,10,11,15). The molecule has 1 aromatic rings. The minimum Gasteiger partial charge on any atom is -0.508 e. The third kappa shape index (κ3) is 3.10. The largest absolute Gasteiger partial charge is 0.508 e. The molecule has 0 atom stereocenters. The molecule has 0 amide bonds. The van der Waals surface area contributed by atoms with Gasteiger partial charge in [-0.25, -0.2) is 4.79 Å². The summed E-state index contributed by atoms with van der Waals surface area (Å²) in [5, 5.41) is 23.7. The molecule has 0 aromatic heterocycles. The first-order valence-corrected chi connectivity index (χ1v) is 4.50. The zero-order valence-electron chi connectivity index (χ0n) is 7.94. The fourth-order valence-electron chi connectivity index (χ4n) is 1.00. The van der Waals surface area contributed by atoms with Crippen molar-refractivity contribution < 1.29 is 15.0 Å². The molecule has 5 nitrogen and oxygen atoms in total. The van der Waals surface area contributed by atoms with Crippen molar-refractivity contribution in [2.75, 3.05) is 12.4 Å². The molecular formula is C9H10N2O3S. The Morgan fingerprint density at radius 1 is 1.40 bits per heavy atom. The van der Waals surface area contributed by atoms with Gasteiger partial charge < -0.3 is 20.8 Å². The van der Waals surface area contributed by atoms with Crippen LogP contribution in [0.5, 0.6) is 5.75 Å². The van der Waals surface area contributed by atoms with Gasteiger partial charge in [0.25, 0.3) is 0 Å². The quantitative estimate of drug-likeness (QED) is 0.563. The van der Waals surface area contributed by atoms with Gasteiger partial charge in [0.15, 0.2) is 5.11 Å². The lowest BCUT2D eigenvalue weighted by Crippen LogP contribution is -2.24. The van der Waals surface area contributed by atoms with Gasteiger partial charge in [0, 0.05) is 18.8 Å². The van der Waals surface area contributed by atoms with Gasteiger partial charge in [0.1, 0.15) is 5.75 Å². The first-order valence-electron chi connectivity index (χ1n) is 4.09. The first-order chi connectivity index (χ1) is 7.02. The molecule has 15 heavy (non-hydrogen) atoms. The molecule has 0 spiro atoms. The van der Waals surface area contributed by atoms with E-state index in [-0.39, 0.29) is 11.3 Å². The van der Waals surface area contributed by atoms with Crippen molar-refractivity contribution >= 4 is 29.0 Å². The minimum atomic E-state index is -1.11. The lowest BCUT2D eigenvalue weighted by Gasteiger charge is -2.08. The summed E-state index contributed by atoms with van der Waals surface area (Å²) in [6.07, 6.45) is 0. The Labute approximate surface area is 91.7 Å². The predicted octanol–water partition coefficient (Wildman–Crippen LogP) is 1.01. The minimum absolute atomic E-state index is 0.00333. The summed E-state index contributed by atoms with van der Waals surface area (Å²) >= 11 is 4.84. The average molecular weight is 226 g/mol. The summed E-state index contributed by atoms with van der Waals surface area (Å²) in [5.41, 5.74) is 0.420. The van der Waals surface area contributed by atoms with Gasteiger partial charge >= 0.3 is 5.97 Å². The molecule has 0 aliphatic carbocycles. The Bertz CT molecular complexity index is 406. The number of hydrogen-bond donors (Lipinski definition) is 4. The SMILES string of the molecule is CNC(=S)Nc1cc(O)cc(C(=O)O)c1. The number of carbonyl (C=O) groups is 1. The van der Waals surface area contributed by atoms with Crippen molar-refractivity contribution in [1.29, 1.82) is 0 Å². The van der Waals surface area contributed by atoms with Crippen LogP contribution in [0.25, 0.3) is 0 Å². The predicted molar refractivity (Wildman–Crippen MR) is 60.3 cm³/mol. The Morgan fingerprint density at radius 2 is 2.07 bits per heavy atom. The Kier molecular flexibility index (Phi) is 3.46. The number of thiocarbonyl (C=S) groups is 1. The van der Waals surface area contributed by atoms with Crippen LogP contribution < -0.4 is 10.6 Å². The highest BCUT2D eigenvalue weighted by molar-refractivity contribution is 7.80. The van der Waals surface area contributed by atoms with Crippen molar-refractivity contribution in [1.82, 2.24) is 5.32 Å². The van der Waals surface area contributed by atoms with E-state index >= 15 is 0 Å². The van der Waals surface area contributed by atoms with Gasteiger partial charge in [-0.3, -0.25) is 0 Å². The van der Waals surface area contributed by atoms with Crippen LogP contribution in [-0.4, -0.2) is 28.3 Å². The van der Waals surface area contributed by atoms with E-state index in [1.165, 1.54) is 12.1 Å². The number of carboxylic acid groups (broad SMARTS) is 1. The van der Waals surface area contributed by atoms with Crippen molar-refractivity contribution in [2.24, 2.45) is 0 Å². The molecule has 0 aliphatic heterocycles. The van der Waals surface area contributed by atoms with Crippen LogP contribution >= 0.6 is 12.2 Å². The smallest absolute Gasteiger partial charge is 0.335 e. The summed E-state index contributed by atoms with van der Waals surface area (Å²) in [4.78, 5) is 10.7. The summed E-state index contributed by atoms with van der Waals surface area (Å²) in [5.74, 6) is -1.24. The number of carboxylic acids is 1. The maximum Gasteiger partial charge on any atom is 0.335 e. The van der Waals surface area contributed by atoms with E-state index in [9.17, 15) is 9.90 Å². The molecule has 0 heterocycles. The van der Waals surface area contributed by atoms with Gasteiger partial charge in [-0.1, -0.05) is 0 Å². The van der Waals surface area contributed by atoms with Crippen LogP contribution in [0.2, 0.25) is 0 Å². The fourth-order valence-corrected chi connectivity index (χ4v) is 1.12. The highest BCUT2D eigenvalue weighted by atomic mass is 32.1. The van der Waals surface area contributed by atoms with Crippen LogP contribution in [0.3, 0.4) is 0 Å². The highest BCUT2D eigenvalue weighted by Gasteiger charge is 2.06. The van der Waals surface area contributed by atoms with E-state index < -0.39 is 5.97 Å². The maximum absolute atomic E-state index is 10.7. The number of phenols is 1. The number of aromatic hydroxyl groups is 1. The fraction of sp³-hybridized carbons (Fsp3) is 0.111. The van der Waals surface area contributed by atoms with E-state index in [1.807, 2.05) is 0 Å². The number of hydrogen-bond acceptors (Lipinski definition) is 3. The maximum atomic E-state index is 10.7. The van der Waals surface area contributed by atoms with Crippen molar-refractivity contribution in [3.05, 3.63) is 23.8 Å². The van der Waals surface area contributed by atoms with Gasteiger partial charge in [-0.05, 0) is 24.4 Å². The Hall–Kier alpha value is -1.82. The summed E-state index contributed by atoms with van der Waals surface area (Å²) in [6, 6.07) is 3.93. The summed E-state index contributed by atoms with van der Waals surface area (Å²) in [7, 11) is 1.64. The first kappa shape index (κ1) is 11.3. The highest BCUT2D eigenvalue weighted by Crippen LogP contribution is 2.19. The molecule has 6 heteroatoms. The lowest BCUT2D eigenvalue weighted by atomic mass is 10.2. The number of benzene rings is 1. The molecule has 0 fully saturated rings. The van der Waals surface area contributed by atoms with E-state index in [1.54, 1.807) is 7.05 Å². The van der Waals surface area contributed by atoms with Crippen LogP contribution in [0.15, 0.2) is 18.2 Å². The van der Waals surface area contributed by atoms with E-state index in [4.69, 9.17) is 17.3 Å². The Morgan fingerprint density at radius 3 is 2.60 bits per heavy atom. The second-order valence-electron chi connectivity index (χ2n) is 2.78. The third-order valence-electron chi connectivity index (χ3n) is 1.65. The molecule has 0 aliphatic rings. The van der Waals surface area contributed by atoms with Gasteiger partial charge in [-0.2, -0.15) is 0 Å². The Balaban J connectivity index is 2.98. The van der Waals surface area contributed by atoms with E-state index in [0.29, 0.717) is 10.8 Å². The normalized spacial score (nSPS) is 9.40. The lowest BCUT2D eigenvalue weighted by molar-refractivity contribution is 0.0696. The summed E-state index contributed by atoms with van der Waals surface area (Å²) in [6.45, 7) is 0. The molecule has 0 unspecified atom stereocenters. The molecule has 1 rings (SSSR count). The molecule has 80 valence electrons. The van der Waals surface area contributed by atoms with Crippen molar-refractivity contribution in [3.8, 4) is 5.75 Å². The average Bonchev–Trinajstić information content (AvgIpc) is 2.16. The van der Waals surface area contributed by atoms with Gasteiger partial charge in [0.05, 0.1) is 5.56 Å². The van der Waals surface area contributed by atoms with E-state index in [2.05, 4.69) is 10.6 Å².